The van der Waals surface area contributed by atoms with Gasteiger partial charge in [0.1, 0.15) is 5.82 Å². The van der Waals surface area contributed by atoms with Crippen LogP contribution in [0.1, 0.15) is 26.7 Å². The number of allylic oxidation sites excluding steroid dienone is 2. The number of nitrogens with one attached hydrogen (secondary N) is 1. The second-order valence-corrected chi connectivity index (χ2v) is 6.16. The lowest BCUT2D eigenvalue weighted by molar-refractivity contribution is 0.421. The Morgan fingerprint density at radius 2 is 2.22 bits per heavy atom. The Morgan fingerprint density at radius 1 is 1.44 bits per heavy atom. The van der Waals surface area contributed by atoms with Crippen LogP contribution in [0.5, 0.6) is 0 Å². The van der Waals surface area contributed by atoms with E-state index in [-0.39, 0.29) is 5.82 Å². The van der Waals surface area contributed by atoms with Gasteiger partial charge in [0.2, 0.25) is 0 Å². The lowest BCUT2D eigenvalue weighted by Gasteiger charge is -2.26. The van der Waals surface area contributed by atoms with Crippen molar-refractivity contribution < 1.29 is 4.39 Å². The van der Waals surface area contributed by atoms with Gasteiger partial charge in [-0.05, 0) is 65.7 Å². The second kappa shape index (κ2) is 5.87. The minimum Gasteiger partial charge on any atom is -0.385 e. The molecular formula is C15H19BrFN. The van der Waals surface area contributed by atoms with Crippen LogP contribution in [-0.4, -0.2) is 6.54 Å². The summed E-state index contributed by atoms with van der Waals surface area (Å²) in [7, 11) is 0. The largest absolute Gasteiger partial charge is 0.385 e. The Labute approximate surface area is 117 Å². The van der Waals surface area contributed by atoms with Gasteiger partial charge in [-0.15, -0.1) is 0 Å². The third-order valence-electron chi connectivity index (χ3n) is 3.40. The smallest absolute Gasteiger partial charge is 0.137 e. The maximum atomic E-state index is 13.1. The average Bonchev–Trinajstić information content (AvgIpc) is 2.29. The zero-order valence-corrected chi connectivity index (χ0v) is 12.4. The van der Waals surface area contributed by atoms with E-state index in [0.717, 1.165) is 12.2 Å². The minimum atomic E-state index is -0.217. The summed E-state index contributed by atoms with van der Waals surface area (Å²) in [5, 5.41) is 3.40. The molecule has 2 rings (SSSR count). The van der Waals surface area contributed by atoms with E-state index in [9.17, 15) is 4.39 Å². The Morgan fingerprint density at radius 3 is 2.89 bits per heavy atom. The van der Waals surface area contributed by atoms with Crippen molar-refractivity contribution >= 4 is 21.6 Å². The fourth-order valence-electron chi connectivity index (χ4n) is 2.71. The fraction of sp³-hybridized carbons (Fsp3) is 0.467. The predicted molar refractivity (Wildman–Crippen MR) is 78.2 cm³/mol. The molecule has 0 saturated carbocycles. The molecule has 0 aromatic heterocycles. The van der Waals surface area contributed by atoms with Crippen molar-refractivity contribution in [3.05, 3.63) is 40.1 Å². The minimum absolute atomic E-state index is 0.217. The maximum Gasteiger partial charge on any atom is 0.137 e. The third-order valence-corrected chi connectivity index (χ3v) is 4.01. The molecule has 3 heteroatoms. The van der Waals surface area contributed by atoms with Gasteiger partial charge in [0.05, 0.1) is 4.47 Å². The topological polar surface area (TPSA) is 12.0 Å². The highest BCUT2D eigenvalue weighted by molar-refractivity contribution is 9.10. The Bertz CT molecular complexity index is 456. The van der Waals surface area contributed by atoms with E-state index in [0.29, 0.717) is 16.3 Å². The molecule has 1 aliphatic rings. The van der Waals surface area contributed by atoms with Crippen molar-refractivity contribution in [2.24, 2.45) is 11.8 Å². The first kappa shape index (κ1) is 13.6. The van der Waals surface area contributed by atoms with Gasteiger partial charge in [0, 0.05) is 12.2 Å². The fourth-order valence-corrected chi connectivity index (χ4v) is 3.09. The van der Waals surface area contributed by atoms with Crippen LogP contribution in [0.3, 0.4) is 0 Å². The molecule has 2 atom stereocenters. The molecule has 1 N–H and O–H groups in total. The van der Waals surface area contributed by atoms with Crippen molar-refractivity contribution in [2.75, 3.05) is 11.9 Å². The van der Waals surface area contributed by atoms with Crippen LogP contribution in [0.25, 0.3) is 0 Å². The molecule has 0 amide bonds. The Balaban J connectivity index is 1.92. The molecule has 0 saturated heterocycles. The highest BCUT2D eigenvalue weighted by Gasteiger charge is 2.17. The molecule has 0 heterocycles. The summed E-state index contributed by atoms with van der Waals surface area (Å²) in [6.07, 6.45) is 4.76. The van der Waals surface area contributed by atoms with Crippen molar-refractivity contribution in [3.63, 3.8) is 0 Å². The first-order chi connectivity index (χ1) is 8.54. The summed E-state index contributed by atoms with van der Waals surface area (Å²) in [6, 6.07) is 5.07. The van der Waals surface area contributed by atoms with Crippen LogP contribution < -0.4 is 5.32 Å². The van der Waals surface area contributed by atoms with E-state index in [1.165, 1.54) is 24.5 Å². The van der Waals surface area contributed by atoms with Crippen LogP contribution in [0.15, 0.2) is 34.3 Å². The molecule has 0 fully saturated rings. The first-order valence-corrected chi connectivity index (χ1v) is 7.20. The van der Waals surface area contributed by atoms with Crippen LogP contribution in [0.4, 0.5) is 10.1 Å². The van der Waals surface area contributed by atoms with Crippen molar-refractivity contribution in [3.8, 4) is 0 Å². The van der Waals surface area contributed by atoms with Crippen LogP contribution >= 0.6 is 15.9 Å². The Kier molecular flexibility index (Phi) is 4.44. The lowest BCUT2D eigenvalue weighted by atomic mass is 9.84. The molecule has 0 radical (unpaired) electrons. The van der Waals surface area contributed by atoms with Gasteiger partial charge in [0.25, 0.3) is 0 Å². The number of benzene rings is 1. The van der Waals surface area contributed by atoms with Crippen molar-refractivity contribution in [1.29, 1.82) is 0 Å². The lowest BCUT2D eigenvalue weighted by Crippen LogP contribution is -2.20. The van der Waals surface area contributed by atoms with Gasteiger partial charge in [-0.2, -0.15) is 0 Å². The van der Waals surface area contributed by atoms with Gasteiger partial charge in [0.15, 0.2) is 0 Å². The SMILES string of the molecule is CC1=CC(C)CC(CNc2ccc(F)c(Br)c2)C1. The second-order valence-electron chi connectivity index (χ2n) is 5.31. The van der Waals surface area contributed by atoms with Gasteiger partial charge in [-0.1, -0.05) is 18.6 Å². The number of halogens is 2. The highest BCUT2D eigenvalue weighted by atomic mass is 79.9. The van der Waals surface area contributed by atoms with Gasteiger partial charge in [-0.3, -0.25) is 0 Å². The van der Waals surface area contributed by atoms with Crippen LogP contribution in [0, 0.1) is 17.7 Å². The van der Waals surface area contributed by atoms with E-state index in [4.69, 9.17) is 0 Å². The van der Waals surface area contributed by atoms with E-state index in [1.807, 2.05) is 0 Å². The molecular weight excluding hydrogens is 293 g/mol. The number of rotatable bonds is 3. The standard InChI is InChI=1S/C15H19BrFN/c1-10-5-11(2)7-12(6-10)9-18-13-3-4-15(17)14(16)8-13/h3-5,8,10,12,18H,6-7,9H2,1-2H3. The molecule has 0 aliphatic heterocycles. The van der Waals surface area contributed by atoms with Crippen molar-refractivity contribution in [2.45, 2.75) is 26.7 Å². The summed E-state index contributed by atoms with van der Waals surface area (Å²) < 4.78 is 13.6. The van der Waals surface area contributed by atoms with Crippen molar-refractivity contribution in [1.82, 2.24) is 0 Å². The predicted octanol–water partition coefficient (Wildman–Crippen LogP) is 4.99. The summed E-state index contributed by atoms with van der Waals surface area (Å²) in [5.74, 6) is 1.13. The number of hydrogen-bond donors (Lipinski definition) is 1. The zero-order chi connectivity index (χ0) is 13.1. The summed E-state index contributed by atoms with van der Waals surface area (Å²) in [5.41, 5.74) is 2.46. The first-order valence-electron chi connectivity index (χ1n) is 6.41. The molecule has 0 bridgehead atoms. The molecule has 0 spiro atoms. The molecule has 1 aromatic rings. The van der Waals surface area contributed by atoms with E-state index in [2.05, 4.69) is 41.2 Å². The maximum absolute atomic E-state index is 13.1. The van der Waals surface area contributed by atoms with E-state index >= 15 is 0 Å². The van der Waals surface area contributed by atoms with Crippen LogP contribution in [-0.2, 0) is 0 Å². The quantitative estimate of drug-likeness (QED) is 0.775. The molecule has 1 aliphatic carbocycles. The molecule has 1 nitrogen and oxygen atoms in total. The zero-order valence-electron chi connectivity index (χ0n) is 10.8. The molecule has 98 valence electrons. The normalized spacial score (nSPS) is 23.7. The summed E-state index contributed by atoms with van der Waals surface area (Å²) in [4.78, 5) is 0. The van der Waals surface area contributed by atoms with E-state index in [1.54, 1.807) is 12.1 Å². The summed E-state index contributed by atoms with van der Waals surface area (Å²) in [6.45, 7) is 5.43. The number of anilines is 1. The average molecular weight is 312 g/mol. The van der Waals surface area contributed by atoms with Gasteiger partial charge in [-0.25, -0.2) is 4.39 Å². The highest BCUT2D eigenvalue weighted by Crippen LogP contribution is 2.28. The number of hydrogen-bond acceptors (Lipinski definition) is 1. The van der Waals surface area contributed by atoms with E-state index < -0.39 is 0 Å². The molecule has 1 aromatic carbocycles. The van der Waals surface area contributed by atoms with Crippen LogP contribution in [0.2, 0.25) is 0 Å². The molecule has 2 unspecified atom stereocenters. The Hall–Kier alpha value is -0.830. The third kappa shape index (κ3) is 3.58. The van der Waals surface area contributed by atoms with Gasteiger partial charge < -0.3 is 5.32 Å². The van der Waals surface area contributed by atoms with Gasteiger partial charge >= 0.3 is 0 Å². The summed E-state index contributed by atoms with van der Waals surface area (Å²) >= 11 is 3.21. The molecule has 18 heavy (non-hydrogen) atoms. The monoisotopic (exact) mass is 311 g/mol.